The largest absolute Gasteiger partial charge is 0.394 e. The van der Waals surface area contributed by atoms with E-state index in [9.17, 15) is 13.9 Å². The third-order valence-corrected chi connectivity index (χ3v) is 2.34. The van der Waals surface area contributed by atoms with Crippen LogP contribution < -0.4 is 11.1 Å². The van der Waals surface area contributed by atoms with Gasteiger partial charge < -0.3 is 16.2 Å². The number of hydrogen-bond donors (Lipinski definition) is 3. The molecule has 1 atom stereocenters. The molecule has 0 amide bonds. The first-order valence-electron chi connectivity index (χ1n) is 5.39. The summed E-state index contributed by atoms with van der Waals surface area (Å²) in [5.74, 6) is -1.71. The molecule has 0 heterocycles. The first-order chi connectivity index (χ1) is 7.72. The first kappa shape index (κ1) is 13.9. The van der Waals surface area contributed by atoms with Gasteiger partial charge in [-0.2, -0.15) is 0 Å². The standard InChI is InChI=1S/C12H18F2N2O/c1-12(2,3)16-6-9(17)7-4-5-8(13)11(15)10(7)14/h4-5,9,16-17H,6,15H2,1-3H3/t9-/m0/s1. The number of β-amino-alcohol motifs (C(OH)–C–C–N with tert-alkyl or cyclic N) is 1. The Balaban J connectivity index is 2.83. The number of nitrogens with one attached hydrogen (secondary N) is 1. The Hall–Kier alpha value is -1.20. The van der Waals surface area contributed by atoms with Gasteiger partial charge in [0.15, 0.2) is 5.82 Å². The minimum absolute atomic E-state index is 0.000602. The molecule has 0 aliphatic heterocycles. The van der Waals surface area contributed by atoms with Crippen LogP contribution in [0.1, 0.15) is 32.4 Å². The lowest BCUT2D eigenvalue weighted by Crippen LogP contribution is -2.38. The van der Waals surface area contributed by atoms with Crippen LogP contribution in [0.3, 0.4) is 0 Å². The van der Waals surface area contributed by atoms with Crippen LogP contribution in [0.15, 0.2) is 12.1 Å². The van der Waals surface area contributed by atoms with Gasteiger partial charge in [0.2, 0.25) is 0 Å². The van der Waals surface area contributed by atoms with E-state index < -0.39 is 23.4 Å². The van der Waals surface area contributed by atoms with Crippen LogP contribution in [-0.2, 0) is 0 Å². The van der Waals surface area contributed by atoms with E-state index in [2.05, 4.69) is 5.32 Å². The van der Waals surface area contributed by atoms with Gasteiger partial charge in [-0.3, -0.25) is 0 Å². The summed E-state index contributed by atoms with van der Waals surface area (Å²) in [6.07, 6.45) is -1.06. The number of nitrogen functional groups attached to an aromatic ring is 1. The minimum Gasteiger partial charge on any atom is -0.394 e. The molecule has 0 bridgehead atoms. The molecular weight excluding hydrogens is 226 g/mol. The molecule has 17 heavy (non-hydrogen) atoms. The Kier molecular flexibility index (Phi) is 4.06. The van der Waals surface area contributed by atoms with Crippen molar-refractivity contribution in [1.29, 1.82) is 0 Å². The topological polar surface area (TPSA) is 58.3 Å². The van der Waals surface area contributed by atoms with Crippen LogP contribution >= 0.6 is 0 Å². The van der Waals surface area contributed by atoms with E-state index in [0.717, 1.165) is 6.07 Å². The van der Waals surface area contributed by atoms with Gasteiger partial charge in [0.1, 0.15) is 11.5 Å². The zero-order valence-corrected chi connectivity index (χ0v) is 10.2. The number of hydrogen-bond acceptors (Lipinski definition) is 3. The fourth-order valence-electron chi connectivity index (χ4n) is 1.36. The Bertz CT molecular complexity index is 402. The monoisotopic (exact) mass is 244 g/mol. The molecule has 1 aromatic carbocycles. The Morgan fingerprint density at radius 1 is 1.35 bits per heavy atom. The fraction of sp³-hybridized carbons (Fsp3) is 0.500. The van der Waals surface area contributed by atoms with Crippen molar-refractivity contribution in [2.75, 3.05) is 12.3 Å². The summed E-state index contributed by atoms with van der Waals surface area (Å²) in [6.45, 7) is 5.95. The summed E-state index contributed by atoms with van der Waals surface area (Å²) in [4.78, 5) is 0. The molecular formula is C12H18F2N2O. The van der Waals surface area contributed by atoms with E-state index in [4.69, 9.17) is 5.73 Å². The Morgan fingerprint density at radius 2 is 1.94 bits per heavy atom. The van der Waals surface area contributed by atoms with E-state index in [-0.39, 0.29) is 17.6 Å². The lowest BCUT2D eigenvalue weighted by molar-refractivity contribution is 0.159. The highest BCUT2D eigenvalue weighted by atomic mass is 19.1. The van der Waals surface area contributed by atoms with E-state index in [1.54, 1.807) is 0 Å². The van der Waals surface area contributed by atoms with Gasteiger partial charge in [0, 0.05) is 17.6 Å². The van der Waals surface area contributed by atoms with Gasteiger partial charge in [-0.05, 0) is 26.8 Å². The van der Waals surface area contributed by atoms with Crippen molar-refractivity contribution < 1.29 is 13.9 Å². The average Bonchev–Trinajstić information content (AvgIpc) is 2.22. The highest BCUT2D eigenvalue weighted by Gasteiger charge is 2.19. The molecule has 0 fully saturated rings. The maximum absolute atomic E-state index is 13.6. The summed E-state index contributed by atoms with van der Waals surface area (Å²) >= 11 is 0. The van der Waals surface area contributed by atoms with Crippen molar-refractivity contribution in [3.05, 3.63) is 29.3 Å². The molecule has 0 aliphatic carbocycles. The highest BCUT2D eigenvalue weighted by molar-refractivity contribution is 5.45. The lowest BCUT2D eigenvalue weighted by atomic mass is 10.0. The van der Waals surface area contributed by atoms with Gasteiger partial charge in [-0.1, -0.05) is 6.07 Å². The molecule has 0 radical (unpaired) electrons. The molecule has 4 N–H and O–H groups in total. The van der Waals surface area contributed by atoms with Crippen molar-refractivity contribution in [3.8, 4) is 0 Å². The third kappa shape index (κ3) is 3.64. The molecule has 1 rings (SSSR count). The molecule has 0 aliphatic rings. The third-order valence-electron chi connectivity index (χ3n) is 2.34. The number of anilines is 1. The van der Waals surface area contributed by atoms with Gasteiger partial charge >= 0.3 is 0 Å². The number of aliphatic hydroxyl groups is 1. The van der Waals surface area contributed by atoms with Gasteiger partial charge in [0.05, 0.1) is 6.10 Å². The lowest BCUT2D eigenvalue weighted by Gasteiger charge is -2.23. The van der Waals surface area contributed by atoms with E-state index in [0.29, 0.717) is 0 Å². The van der Waals surface area contributed by atoms with Gasteiger partial charge in [0.25, 0.3) is 0 Å². The molecule has 0 saturated carbocycles. The number of halogens is 2. The van der Waals surface area contributed by atoms with Crippen molar-refractivity contribution in [3.63, 3.8) is 0 Å². The highest BCUT2D eigenvalue weighted by Crippen LogP contribution is 2.24. The molecule has 1 aromatic rings. The van der Waals surface area contributed by atoms with E-state index >= 15 is 0 Å². The average molecular weight is 244 g/mol. The van der Waals surface area contributed by atoms with Crippen LogP contribution in [0.2, 0.25) is 0 Å². The molecule has 5 heteroatoms. The van der Waals surface area contributed by atoms with E-state index in [1.807, 2.05) is 20.8 Å². The normalized spacial score (nSPS) is 13.8. The maximum Gasteiger partial charge on any atom is 0.154 e. The molecule has 96 valence electrons. The molecule has 0 aromatic heterocycles. The maximum atomic E-state index is 13.6. The summed E-state index contributed by atoms with van der Waals surface area (Å²) in [6, 6.07) is 2.25. The molecule has 3 nitrogen and oxygen atoms in total. The summed E-state index contributed by atoms with van der Waals surface area (Å²) < 4.78 is 26.5. The van der Waals surface area contributed by atoms with Crippen molar-refractivity contribution >= 4 is 5.69 Å². The van der Waals surface area contributed by atoms with Crippen LogP contribution in [0.25, 0.3) is 0 Å². The summed E-state index contributed by atoms with van der Waals surface area (Å²) in [7, 11) is 0. The Morgan fingerprint density at radius 3 is 2.47 bits per heavy atom. The summed E-state index contributed by atoms with van der Waals surface area (Å²) in [5.41, 5.74) is 4.47. The number of benzene rings is 1. The van der Waals surface area contributed by atoms with Crippen molar-refractivity contribution in [1.82, 2.24) is 5.32 Å². The second-order valence-electron chi connectivity index (χ2n) is 5.01. The smallest absolute Gasteiger partial charge is 0.154 e. The number of aliphatic hydroxyl groups excluding tert-OH is 1. The predicted octanol–water partition coefficient (Wildman–Crippen LogP) is 1.97. The van der Waals surface area contributed by atoms with E-state index in [1.165, 1.54) is 6.07 Å². The zero-order valence-electron chi connectivity index (χ0n) is 10.2. The molecule has 0 saturated heterocycles. The quantitative estimate of drug-likeness (QED) is 0.712. The van der Waals surface area contributed by atoms with Crippen molar-refractivity contribution in [2.24, 2.45) is 0 Å². The number of rotatable bonds is 3. The second kappa shape index (κ2) is 4.98. The zero-order chi connectivity index (χ0) is 13.2. The van der Waals surface area contributed by atoms with Crippen LogP contribution in [0.5, 0.6) is 0 Å². The Labute approximate surface area is 99.6 Å². The number of nitrogens with two attached hydrogens (primary N) is 1. The van der Waals surface area contributed by atoms with Crippen LogP contribution in [0, 0.1) is 11.6 Å². The van der Waals surface area contributed by atoms with Crippen molar-refractivity contribution in [2.45, 2.75) is 32.4 Å². The fourth-order valence-corrected chi connectivity index (χ4v) is 1.36. The van der Waals surface area contributed by atoms with Gasteiger partial charge in [-0.15, -0.1) is 0 Å². The predicted molar refractivity (Wildman–Crippen MR) is 63.5 cm³/mol. The van der Waals surface area contributed by atoms with Crippen LogP contribution in [-0.4, -0.2) is 17.2 Å². The second-order valence-corrected chi connectivity index (χ2v) is 5.01. The molecule has 0 spiro atoms. The van der Waals surface area contributed by atoms with Gasteiger partial charge in [-0.25, -0.2) is 8.78 Å². The minimum atomic E-state index is -1.06. The summed E-state index contributed by atoms with van der Waals surface area (Å²) in [5, 5.41) is 12.8. The first-order valence-corrected chi connectivity index (χ1v) is 5.39. The SMILES string of the molecule is CC(C)(C)NC[C@H](O)c1ccc(F)c(N)c1F. The molecule has 0 unspecified atom stereocenters. The van der Waals surface area contributed by atoms with Crippen LogP contribution in [0.4, 0.5) is 14.5 Å².